The summed E-state index contributed by atoms with van der Waals surface area (Å²) < 4.78 is 43.6. The Morgan fingerprint density at radius 3 is 2.78 bits per heavy atom. The normalized spacial score (nSPS) is 21.4. The zero-order valence-corrected chi connectivity index (χ0v) is 12.6. The molecule has 1 aliphatic heterocycles. The second kappa shape index (κ2) is 6.33. The van der Waals surface area contributed by atoms with Gasteiger partial charge in [0.2, 0.25) is 0 Å². The van der Waals surface area contributed by atoms with Gasteiger partial charge in [0.1, 0.15) is 11.9 Å². The van der Waals surface area contributed by atoms with Crippen molar-refractivity contribution < 1.29 is 17.9 Å². The molecular formula is C15H13ClF3N3O. The minimum Gasteiger partial charge on any atom is -0.371 e. The van der Waals surface area contributed by atoms with Gasteiger partial charge < -0.3 is 10.1 Å². The summed E-state index contributed by atoms with van der Waals surface area (Å²) in [5.74, 6) is 0.212. The van der Waals surface area contributed by atoms with Gasteiger partial charge in [-0.25, -0.2) is 4.98 Å². The van der Waals surface area contributed by atoms with Crippen LogP contribution in [0.1, 0.15) is 23.7 Å². The molecule has 122 valence electrons. The van der Waals surface area contributed by atoms with Crippen LogP contribution in [0.3, 0.4) is 0 Å². The third-order valence-electron chi connectivity index (χ3n) is 3.60. The third-order valence-corrected chi connectivity index (χ3v) is 3.88. The molecule has 3 heterocycles. The molecule has 0 aromatic carbocycles. The van der Waals surface area contributed by atoms with Gasteiger partial charge in [0, 0.05) is 30.8 Å². The molecule has 1 N–H and O–H groups in total. The Morgan fingerprint density at radius 2 is 2.13 bits per heavy atom. The first-order chi connectivity index (χ1) is 10.9. The van der Waals surface area contributed by atoms with Crippen molar-refractivity contribution in [3.8, 4) is 0 Å². The van der Waals surface area contributed by atoms with E-state index < -0.39 is 11.7 Å². The van der Waals surface area contributed by atoms with Crippen LogP contribution in [0.25, 0.3) is 0 Å². The molecule has 3 rings (SSSR count). The number of hydrogen-bond donors (Lipinski definition) is 1. The molecule has 2 atom stereocenters. The molecule has 2 aromatic rings. The van der Waals surface area contributed by atoms with Crippen molar-refractivity contribution in [2.24, 2.45) is 0 Å². The first-order valence-electron chi connectivity index (χ1n) is 6.96. The van der Waals surface area contributed by atoms with E-state index in [0.717, 1.165) is 17.8 Å². The van der Waals surface area contributed by atoms with Crippen LogP contribution in [0.4, 0.5) is 19.0 Å². The van der Waals surface area contributed by atoms with Gasteiger partial charge in [0.05, 0.1) is 16.6 Å². The maximum Gasteiger partial charge on any atom is 0.417 e. The highest BCUT2D eigenvalue weighted by Gasteiger charge is 2.33. The van der Waals surface area contributed by atoms with Gasteiger partial charge >= 0.3 is 6.18 Å². The summed E-state index contributed by atoms with van der Waals surface area (Å²) in [6.45, 7) is 0.537. The Hall–Kier alpha value is -1.86. The minimum absolute atomic E-state index is 0.0725. The van der Waals surface area contributed by atoms with Crippen LogP contribution in [-0.4, -0.2) is 22.6 Å². The maximum atomic E-state index is 12.6. The lowest BCUT2D eigenvalue weighted by atomic mass is 10.0. The van der Waals surface area contributed by atoms with Crippen LogP contribution >= 0.6 is 11.6 Å². The molecule has 4 nitrogen and oxygen atoms in total. The highest BCUT2D eigenvalue weighted by Crippen LogP contribution is 2.35. The van der Waals surface area contributed by atoms with Crippen molar-refractivity contribution in [3.63, 3.8) is 0 Å². The minimum atomic E-state index is -4.47. The number of aromatic nitrogens is 2. The van der Waals surface area contributed by atoms with Crippen molar-refractivity contribution >= 4 is 17.4 Å². The quantitative estimate of drug-likeness (QED) is 0.911. The Bertz CT molecular complexity index is 681. The average molecular weight is 344 g/mol. The fourth-order valence-electron chi connectivity index (χ4n) is 2.48. The summed E-state index contributed by atoms with van der Waals surface area (Å²) in [7, 11) is 0. The van der Waals surface area contributed by atoms with Gasteiger partial charge in [-0.05, 0) is 18.6 Å². The second-order valence-corrected chi connectivity index (χ2v) is 5.58. The fourth-order valence-corrected chi connectivity index (χ4v) is 2.71. The highest BCUT2D eigenvalue weighted by atomic mass is 35.5. The summed E-state index contributed by atoms with van der Waals surface area (Å²) in [6.07, 6.45) is 0.108. The number of alkyl halides is 3. The maximum absolute atomic E-state index is 12.6. The Kier molecular flexibility index (Phi) is 4.41. The van der Waals surface area contributed by atoms with Crippen LogP contribution in [-0.2, 0) is 10.9 Å². The molecule has 0 unspecified atom stereocenters. The molecule has 1 fully saturated rings. The van der Waals surface area contributed by atoms with E-state index in [1.807, 2.05) is 6.07 Å². The fraction of sp³-hybridized carbons (Fsp3) is 0.333. The number of ether oxygens (including phenoxy) is 1. The van der Waals surface area contributed by atoms with Gasteiger partial charge in [-0.2, -0.15) is 13.2 Å². The summed E-state index contributed by atoms with van der Waals surface area (Å²) in [6, 6.07) is 4.42. The van der Waals surface area contributed by atoms with Crippen molar-refractivity contribution in [2.75, 3.05) is 11.9 Å². The molecular weight excluding hydrogens is 331 g/mol. The highest BCUT2D eigenvalue weighted by molar-refractivity contribution is 6.33. The van der Waals surface area contributed by atoms with Crippen LogP contribution in [0.15, 0.2) is 36.8 Å². The number of nitrogens with zero attached hydrogens (tertiary/aromatic N) is 2. The standard InChI is InChI=1S/C15H13ClF3N3O/c16-11-6-10(15(17,18)19)8-21-14(11)22-12-3-5-23-13(12)9-2-1-4-20-7-9/h1-2,4,6-8,12-13H,3,5H2,(H,21,22)/t12-,13+/m0/s1. The van der Waals surface area contributed by atoms with Gasteiger partial charge in [-0.1, -0.05) is 17.7 Å². The molecule has 0 aliphatic carbocycles. The average Bonchev–Trinajstić information content (AvgIpc) is 2.97. The van der Waals surface area contributed by atoms with Crippen molar-refractivity contribution in [3.05, 3.63) is 52.9 Å². The summed E-state index contributed by atoms with van der Waals surface area (Å²) in [4.78, 5) is 7.85. The predicted octanol–water partition coefficient (Wildman–Crippen LogP) is 4.09. The van der Waals surface area contributed by atoms with E-state index in [2.05, 4.69) is 15.3 Å². The van der Waals surface area contributed by atoms with Crippen LogP contribution in [0, 0.1) is 0 Å². The number of halogens is 4. The zero-order chi connectivity index (χ0) is 16.4. The van der Waals surface area contributed by atoms with Crippen molar-refractivity contribution in [2.45, 2.75) is 24.7 Å². The van der Waals surface area contributed by atoms with Crippen LogP contribution in [0.5, 0.6) is 0 Å². The zero-order valence-electron chi connectivity index (χ0n) is 11.8. The lowest BCUT2D eigenvalue weighted by Crippen LogP contribution is -2.24. The van der Waals surface area contributed by atoms with Crippen molar-refractivity contribution in [1.82, 2.24) is 9.97 Å². The lowest BCUT2D eigenvalue weighted by molar-refractivity contribution is -0.137. The second-order valence-electron chi connectivity index (χ2n) is 5.17. The van der Waals surface area contributed by atoms with Gasteiger partial charge in [0.15, 0.2) is 0 Å². The molecule has 0 saturated carbocycles. The number of anilines is 1. The van der Waals surface area contributed by atoms with Crippen LogP contribution < -0.4 is 5.32 Å². The van der Waals surface area contributed by atoms with E-state index in [9.17, 15) is 13.2 Å². The molecule has 8 heteroatoms. The first kappa shape index (κ1) is 16.0. The SMILES string of the molecule is FC(F)(F)c1cnc(N[C@H]2CCO[C@@H]2c2cccnc2)c(Cl)c1. The Labute approximate surface area is 135 Å². The van der Waals surface area contributed by atoms with E-state index in [-0.39, 0.29) is 23.0 Å². The lowest BCUT2D eigenvalue weighted by Gasteiger charge is -2.21. The predicted molar refractivity (Wildman–Crippen MR) is 79.2 cm³/mol. The van der Waals surface area contributed by atoms with Crippen molar-refractivity contribution in [1.29, 1.82) is 0 Å². The Balaban J connectivity index is 1.79. The van der Waals surface area contributed by atoms with Crippen LogP contribution in [0.2, 0.25) is 5.02 Å². The third kappa shape index (κ3) is 3.56. The Morgan fingerprint density at radius 1 is 1.30 bits per heavy atom. The molecule has 0 amide bonds. The van der Waals surface area contributed by atoms with Gasteiger partial charge in [-0.3, -0.25) is 4.98 Å². The monoisotopic (exact) mass is 343 g/mol. The number of rotatable bonds is 3. The molecule has 1 aliphatic rings. The summed E-state index contributed by atoms with van der Waals surface area (Å²) in [5, 5.41) is 3.00. The number of hydrogen-bond acceptors (Lipinski definition) is 4. The molecule has 1 saturated heterocycles. The molecule has 0 spiro atoms. The first-order valence-corrected chi connectivity index (χ1v) is 7.34. The molecule has 0 bridgehead atoms. The number of pyridine rings is 2. The van der Waals surface area contributed by atoms with E-state index in [1.54, 1.807) is 18.5 Å². The number of nitrogens with one attached hydrogen (secondary N) is 1. The molecule has 2 aromatic heterocycles. The van der Waals surface area contributed by atoms with Gasteiger partial charge in [-0.15, -0.1) is 0 Å². The molecule has 0 radical (unpaired) electrons. The molecule has 23 heavy (non-hydrogen) atoms. The summed E-state index contributed by atoms with van der Waals surface area (Å²) >= 11 is 5.93. The van der Waals surface area contributed by atoms with E-state index in [0.29, 0.717) is 13.0 Å². The topological polar surface area (TPSA) is 47.0 Å². The summed E-state index contributed by atoms with van der Waals surface area (Å²) in [5.41, 5.74) is 0.0186. The van der Waals surface area contributed by atoms with E-state index in [1.165, 1.54) is 0 Å². The smallest absolute Gasteiger partial charge is 0.371 e. The van der Waals surface area contributed by atoms with E-state index >= 15 is 0 Å². The van der Waals surface area contributed by atoms with Gasteiger partial charge in [0.25, 0.3) is 0 Å². The van der Waals surface area contributed by atoms with E-state index in [4.69, 9.17) is 16.3 Å². The largest absolute Gasteiger partial charge is 0.417 e.